The molecule has 10 rings (SSSR count). The van der Waals surface area contributed by atoms with Crippen LogP contribution < -0.4 is 0 Å². The van der Waals surface area contributed by atoms with Crippen LogP contribution in [-0.2, 0) is 5.41 Å². The summed E-state index contributed by atoms with van der Waals surface area (Å²) in [6.45, 7) is 4.61. The van der Waals surface area contributed by atoms with Crippen molar-refractivity contribution in [3.63, 3.8) is 0 Å². The molecule has 0 saturated carbocycles. The van der Waals surface area contributed by atoms with Crippen LogP contribution in [0.4, 0.5) is 0 Å². The summed E-state index contributed by atoms with van der Waals surface area (Å²) in [6, 6.07) is 46.3. The Morgan fingerprint density at radius 1 is 0.511 bits per heavy atom. The largest absolute Gasteiger partial charge is 0.455 e. The van der Waals surface area contributed by atoms with Crippen molar-refractivity contribution in [2.24, 2.45) is 0 Å². The van der Waals surface area contributed by atoms with Gasteiger partial charge in [0.25, 0.3) is 0 Å². The van der Waals surface area contributed by atoms with Gasteiger partial charge in [-0.05, 0) is 34.9 Å². The van der Waals surface area contributed by atoms with Gasteiger partial charge in [-0.3, -0.25) is 4.57 Å². The Kier molecular flexibility index (Phi) is 5.28. The summed E-state index contributed by atoms with van der Waals surface area (Å²) in [5, 5.41) is 4.37. The molecule has 1 aliphatic carbocycles. The first-order chi connectivity index (χ1) is 23.1. The number of furan rings is 1. The molecule has 1 aliphatic rings. The molecule has 0 N–H and O–H groups in total. The molecule has 0 fully saturated rings. The van der Waals surface area contributed by atoms with E-state index in [0.29, 0.717) is 17.6 Å². The number of hydrogen-bond donors (Lipinski definition) is 0. The fourth-order valence-electron chi connectivity index (χ4n) is 7.64. The van der Waals surface area contributed by atoms with Crippen molar-refractivity contribution in [2.45, 2.75) is 19.3 Å². The Morgan fingerprint density at radius 2 is 1.13 bits per heavy atom. The molecule has 0 radical (unpaired) electrons. The highest BCUT2D eigenvalue weighted by atomic mass is 16.3. The molecule has 3 aromatic heterocycles. The van der Waals surface area contributed by atoms with Crippen LogP contribution in [0.5, 0.6) is 0 Å². The lowest BCUT2D eigenvalue weighted by Gasteiger charge is -2.21. The summed E-state index contributed by atoms with van der Waals surface area (Å²) >= 11 is 0. The lowest BCUT2D eigenvalue weighted by molar-refractivity contribution is 0.654. The number of para-hydroxylation sites is 1. The normalized spacial score (nSPS) is 13.5. The van der Waals surface area contributed by atoms with Gasteiger partial charge in [-0.1, -0.05) is 129 Å². The van der Waals surface area contributed by atoms with E-state index >= 15 is 0 Å². The topological polar surface area (TPSA) is 56.7 Å². The lowest BCUT2D eigenvalue weighted by atomic mass is 9.82. The third kappa shape index (κ3) is 3.62. The number of rotatable bonds is 3. The highest BCUT2D eigenvalue weighted by molar-refractivity contribution is 6.25. The van der Waals surface area contributed by atoms with E-state index in [9.17, 15) is 0 Å². The second-order valence-corrected chi connectivity index (χ2v) is 12.8. The number of benzene rings is 6. The summed E-state index contributed by atoms with van der Waals surface area (Å²) in [4.78, 5) is 15.1. The molecular formula is C42H28N4O. The van der Waals surface area contributed by atoms with Gasteiger partial charge in [0.05, 0.1) is 16.4 Å². The Balaban J connectivity index is 1.29. The van der Waals surface area contributed by atoms with Gasteiger partial charge < -0.3 is 4.42 Å². The maximum Gasteiger partial charge on any atom is 0.238 e. The molecule has 222 valence electrons. The predicted octanol–water partition coefficient (Wildman–Crippen LogP) is 10.5. The molecule has 0 aliphatic heterocycles. The molecule has 3 heterocycles. The van der Waals surface area contributed by atoms with Gasteiger partial charge in [0.1, 0.15) is 11.2 Å². The van der Waals surface area contributed by atoms with Gasteiger partial charge >= 0.3 is 0 Å². The third-order valence-electron chi connectivity index (χ3n) is 9.87. The molecule has 0 saturated heterocycles. The molecule has 0 unspecified atom stereocenters. The monoisotopic (exact) mass is 604 g/mol. The maximum atomic E-state index is 7.04. The number of nitrogens with zero attached hydrogens (tertiary/aromatic N) is 4. The minimum atomic E-state index is -0.101. The Hall–Kier alpha value is -6.07. The van der Waals surface area contributed by atoms with Crippen LogP contribution in [0.1, 0.15) is 25.0 Å². The fourth-order valence-corrected chi connectivity index (χ4v) is 7.64. The van der Waals surface area contributed by atoms with E-state index in [2.05, 4.69) is 91.2 Å². The second kappa shape index (κ2) is 9.47. The van der Waals surface area contributed by atoms with E-state index in [4.69, 9.17) is 19.4 Å². The van der Waals surface area contributed by atoms with Gasteiger partial charge in [-0.2, -0.15) is 9.97 Å². The van der Waals surface area contributed by atoms with Crippen molar-refractivity contribution in [1.29, 1.82) is 0 Å². The Labute approximate surface area is 270 Å². The average Bonchev–Trinajstić information content (AvgIpc) is 3.74. The molecule has 0 spiro atoms. The van der Waals surface area contributed by atoms with Crippen molar-refractivity contribution < 1.29 is 4.42 Å². The zero-order valence-corrected chi connectivity index (χ0v) is 25.9. The van der Waals surface area contributed by atoms with E-state index in [1.165, 1.54) is 22.3 Å². The van der Waals surface area contributed by atoms with Crippen LogP contribution in [0.15, 0.2) is 138 Å². The average molecular weight is 605 g/mol. The predicted molar refractivity (Wildman–Crippen MR) is 190 cm³/mol. The number of fused-ring (bicyclic) bond motifs is 11. The first-order valence-electron chi connectivity index (χ1n) is 16.0. The van der Waals surface area contributed by atoms with Crippen LogP contribution >= 0.6 is 0 Å². The molecule has 9 aromatic rings. The smallest absolute Gasteiger partial charge is 0.238 e. The van der Waals surface area contributed by atoms with Crippen LogP contribution in [0, 0.1) is 0 Å². The number of aromatic nitrogens is 4. The summed E-state index contributed by atoms with van der Waals surface area (Å²) in [6.07, 6.45) is 0. The van der Waals surface area contributed by atoms with Crippen molar-refractivity contribution in [3.8, 4) is 39.9 Å². The molecule has 5 heteroatoms. The first kappa shape index (κ1) is 26.2. The minimum Gasteiger partial charge on any atom is -0.455 e. The number of hydrogen-bond acceptors (Lipinski definition) is 4. The van der Waals surface area contributed by atoms with Crippen LogP contribution in [0.2, 0.25) is 0 Å². The van der Waals surface area contributed by atoms with E-state index in [-0.39, 0.29) is 5.41 Å². The van der Waals surface area contributed by atoms with Crippen LogP contribution in [-0.4, -0.2) is 19.5 Å². The summed E-state index contributed by atoms with van der Waals surface area (Å²) < 4.78 is 9.19. The van der Waals surface area contributed by atoms with Crippen molar-refractivity contribution in [3.05, 3.63) is 145 Å². The van der Waals surface area contributed by atoms with Crippen molar-refractivity contribution in [2.75, 3.05) is 0 Å². The van der Waals surface area contributed by atoms with E-state index in [1.807, 2.05) is 60.7 Å². The molecule has 0 atom stereocenters. The molecule has 5 nitrogen and oxygen atoms in total. The second-order valence-electron chi connectivity index (χ2n) is 12.8. The van der Waals surface area contributed by atoms with Gasteiger partial charge in [-0.25, -0.2) is 4.98 Å². The third-order valence-corrected chi connectivity index (χ3v) is 9.87. The van der Waals surface area contributed by atoms with E-state index in [1.54, 1.807) is 0 Å². The van der Waals surface area contributed by atoms with Crippen molar-refractivity contribution >= 4 is 43.7 Å². The van der Waals surface area contributed by atoms with Gasteiger partial charge in [0, 0.05) is 38.3 Å². The Morgan fingerprint density at radius 3 is 1.87 bits per heavy atom. The highest BCUT2D eigenvalue weighted by Gasteiger charge is 2.37. The van der Waals surface area contributed by atoms with E-state index in [0.717, 1.165) is 54.9 Å². The summed E-state index contributed by atoms with van der Waals surface area (Å²) in [5.74, 6) is 1.82. The standard InChI is InChI=1S/C42H28N4O/c1-42(2)31-19-11-9-17-29(31)35-32(42)23-21-27-28-22-24-34-36(38(28)47-37(27)35)30-18-10-12-20-33(30)46(34)41-44-39(25-13-5-3-6-14-25)43-40(45-41)26-15-7-4-8-16-26/h3-24H,1-2H3. The van der Waals surface area contributed by atoms with Crippen LogP contribution in [0.25, 0.3) is 83.6 Å². The highest BCUT2D eigenvalue weighted by Crippen LogP contribution is 2.53. The zero-order chi connectivity index (χ0) is 31.3. The van der Waals surface area contributed by atoms with Gasteiger partial charge in [-0.15, -0.1) is 0 Å². The fraction of sp³-hybridized carbons (Fsp3) is 0.0714. The molecule has 0 amide bonds. The maximum absolute atomic E-state index is 7.04. The first-order valence-corrected chi connectivity index (χ1v) is 16.0. The SMILES string of the molecule is CC1(C)c2ccccc2-c2c1ccc1c2oc2c1ccc1c2c2ccccc2n1-c1nc(-c2ccccc2)nc(-c2ccccc2)n1. The van der Waals surface area contributed by atoms with E-state index < -0.39 is 0 Å². The quantitative estimate of drug-likeness (QED) is 0.201. The molecular weight excluding hydrogens is 576 g/mol. The van der Waals surface area contributed by atoms with Crippen LogP contribution in [0.3, 0.4) is 0 Å². The molecule has 0 bridgehead atoms. The molecule has 6 aromatic carbocycles. The minimum absolute atomic E-state index is 0.101. The zero-order valence-electron chi connectivity index (χ0n) is 25.9. The van der Waals surface area contributed by atoms with Gasteiger partial charge in [0.15, 0.2) is 11.6 Å². The van der Waals surface area contributed by atoms with Crippen molar-refractivity contribution in [1.82, 2.24) is 19.5 Å². The lowest BCUT2D eigenvalue weighted by Crippen LogP contribution is -2.14. The summed E-state index contributed by atoms with van der Waals surface area (Å²) in [7, 11) is 0. The summed E-state index contributed by atoms with van der Waals surface area (Å²) in [5.41, 5.74) is 10.7. The van der Waals surface area contributed by atoms with Gasteiger partial charge in [0.2, 0.25) is 5.95 Å². The molecule has 47 heavy (non-hydrogen) atoms. The Bertz CT molecular complexity index is 2640.